The van der Waals surface area contributed by atoms with Gasteiger partial charge in [-0.15, -0.1) is 10.2 Å². The van der Waals surface area contributed by atoms with Crippen molar-refractivity contribution < 1.29 is 4.42 Å². The highest BCUT2D eigenvalue weighted by Crippen LogP contribution is 2.25. The van der Waals surface area contributed by atoms with Crippen LogP contribution in [0.3, 0.4) is 0 Å². The Morgan fingerprint density at radius 1 is 0.867 bits per heavy atom. The highest BCUT2D eigenvalue weighted by atomic mass is 16.4. The normalized spacial score (nSPS) is 16.8. The maximum absolute atomic E-state index is 6.00. The van der Waals surface area contributed by atoms with E-state index in [1.165, 1.54) is 16.7 Å². The first-order valence-corrected chi connectivity index (χ1v) is 11.0. The number of hydrogen-bond donors (Lipinski definition) is 0. The summed E-state index contributed by atoms with van der Waals surface area (Å²) in [6.07, 6.45) is 0. The van der Waals surface area contributed by atoms with Gasteiger partial charge in [0.2, 0.25) is 11.8 Å². The van der Waals surface area contributed by atoms with Gasteiger partial charge < -0.3 is 4.42 Å². The van der Waals surface area contributed by atoms with Gasteiger partial charge >= 0.3 is 0 Å². The molecule has 2 heterocycles. The summed E-state index contributed by atoms with van der Waals surface area (Å²) in [5.74, 6) is 1.88. The fourth-order valence-corrected chi connectivity index (χ4v) is 3.95. The summed E-state index contributed by atoms with van der Waals surface area (Å²) in [5.41, 5.74) is 4.99. The minimum atomic E-state index is 0.129. The van der Waals surface area contributed by atoms with Crippen molar-refractivity contribution in [3.8, 4) is 11.5 Å². The molecule has 1 aromatic heterocycles. The van der Waals surface area contributed by atoms with Crippen LogP contribution in [0.15, 0.2) is 52.9 Å². The van der Waals surface area contributed by atoms with Crippen LogP contribution in [0.1, 0.15) is 55.3 Å². The average molecular weight is 405 g/mol. The van der Waals surface area contributed by atoms with Gasteiger partial charge in [0.1, 0.15) is 0 Å². The van der Waals surface area contributed by atoms with Crippen LogP contribution in [0.25, 0.3) is 11.5 Å². The molecule has 1 atom stereocenters. The summed E-state index contributed by atoms with van der Waals surface area (Å²) in [5, 5.41) is 8.60. The highest BCUT2D eigenvalue weighted by molar-refractivity contribution is 5.52. The summed E-state index contributed by atoms with van der Waals surface area (Å²) >= 11 is 0. The van der Waals surface area contributed by atoms with E-state index >= 15 is 0 Å². The van der Waals surface area contributed by atoms with Crippen molar-refractivity contribution in [3.05, 3.63) is 71.1 Å². The monoisotopic (exact) mass is 404 g/mol. The number of aromatic nitrogens is 2. The van der Waals surface area contributed by atoms with Gasteiger partial charge in [-0.2, -0.15) is 0 Å². The Kier molecular flexibility index (Phi) is 6.30. The molecule has 3 aromatic rings. The van der Waals surface area contributed by atoms with Gasteiger partial charge in [-0.1, -0.05) is 55.8 Å². The Bertz CT molecular complexity index is 938. The van der Waals surface area contributed by atoms with Crippen LogP contribution in [-0.4, -0.2) is 46.2 Å². The van der Waals surface area contributed by atoms with Gasteiger partial charge in [-0.05, 0) is 43.0 Å². The Hall–Kier alpha value is -2.50. The molecule has 158 valence electrons. The van der Waals surface area contributed by atoms with Gasteiger partial charge in [0.25, 0.3) is 0 Å². The lowest BCUT2D eigenvalue weighted by Gasteiger charge is -2.36. The molecule has 0 aliphatic carbocycles. The number of aryl methyl sites for hydroxylation is 1. The quantitative estimate of drug-likeness (QED) is 0.575. The number of piperazine rings is 1. The van der Waals surface area contributed by atoms with Crippen LogP contribution >= 0.6 is 0 Å². The summed E-state index contributed by atoms with van der Waals surface area (Å²) < 4.78 is 6.00. The Morgan fingerprint density at radius 2 is 1.53 bits per heavy atom. The second-order valence-corrected chi connectivity index (χ2v) is 8.70. The molecule has 1 unspecified atom stereocenters. The van der Waals surface area contributed by atoms with Crippen molar-refractivity contribution in [2.24, 2.45) is 0 Å². The summed E-state index contributed by atoms with van der Waals surface area (Å²) in [7, 11) is 0. The molecule has 0 bridgehead atoms. The van der Waals surface area contributed by atoms with Crippen molar-refractivity contribution in [1.29, 1.82) is 0 Å². The van der Waals surface area contributed by atoms with Crippen molar-refractivity contribution in [3.63, 3.8) is 0 Å². The van der Waals surface area contributed by atoms with E-state index in [0.29, 0.717) is 17.7 Å². The lowest BCUT2D eigenvalue weighted by molar-refractivity contribution is 0.0876. The van der Waals surface area contributed by atoms with E-state index < -0.39 is 0 Å². The Labute approximate surface area is 179 Å². The second-order valence-electron chi connectivity index (χ2n) is 8.70. The second kappa shape index (κ2) is 9.11. The molecule has 1 aliphatic heterocycles. The molecule has 30 heavy (non-hydrogen) atoms. The summed E-state index contributed by atoms with van der Waals surface area (Å²) in [6, 6.07) is 17.4. The predicted octanol–water partition coefficient (Wildman–Crippen LogP) is 5.05. The van der Waals surface area contributed by atoms with Crippen LogP contribution in [0.5, 0.6) is 0 Å². The van der Waals surface area contributed by atoms with E-state index in [-0.39, 0.29) is 6.04 Å². The van der Waals surface area contributed by atoms with Crippen molar-refractivity contribution in [2.45, 2.75) is 46.2 Å². The lowest BCUT2D eigenvalue weighted by atomic mass is 10.0. The van der Waals surface area contributed by atoms with Crippen LogP contribution < -0.4 is 0 Å². The Morgan fingerprint density at radius 3 is 2.17 bits per heavy atom. The summed E-state index contributed by atoms with van der Waals surface area (Å²) in [6.45, 7) is 13.8. The van der Waals surface area contributed by atoms with E-state index in [1.807, 2.05) is 12.1 Å². The molecule has 5 nitrogen and oxygen atoms in total. The third kappa shape index (κ3) is 4.79. The summed E-state index contributed by atoms with van der Waals surface area (Å²) in [4.78, 5) is 4.96. The topological polar surface area (TPSA) is 45.4 Å². The van der Waals surface area contributed by atoms with Crippen LogP contribution in [-0.2, 0) is 6.54 Å². The fourth-order valence-electron chi connectivity index (χ4n) is 3.95. The van der Waals surface area contributed by atoms with Crippen LogP contribution in [0.4, 0.5) is 0 Å². The van der Waals surface area contributed by atoms with Crippen molar-refractivity contribution in [1.82, 2.24) is 20.0 Å². The largest absolute Gasteiger partial charge is 0.419 e. The maximum atomic E-state index is 6.00. The number of benzene rings is 2. The highest BCUT2D eigenvalue weighted by Gasteiger charge is 2.25. The molecule has 2 aromatic carbocycles. The number of hydrogen-bond acceptors (Lipinski definition) is 5. The minimum absolute atomic E-state index is 0.129. The molecule has 1 fully saturated rings. The van der Waals surface area contributed by atoms with Crippen molar-refractivity contribution >= 4 is 0 Å². The Balaban J connectivity index is 1.32. The third-order valence-corrected chi connectivity index (χ3v) is 6.10. The van der Waals surface area contributed by atoms with Gasteiger partial charge in [-0.25, -0.2) is 0 Å². The molecule has 0 amide bonds. The van der Waals surface area contributed by atoms with Gasteiger partial charge in [0.15, 0.2) is 0 Å². The molecule has 4 rings (SSSR count). The van der Waals surface area contributed by atoms with Gasteiger partial charge in [0, 0.05) is 38.3 Å². The van der Waals surface area contributed by atoms with Gasteiger partial charge in [0.05, 0.1) is 6.04 Å². The van der Waals surface area contributed by atoms with Crippen LogP contribution in [0, 0.1) is 6.92 Å². The molecular formula is C25H32N4O. The fraction of sp³-hybridized carbons (Fsp3) is 0.440. The van der Waals surface area contributed by atoms with E-state index in [9.17, 15) is 0 Å². The zero-order valence-electron chi connectivity index (χ0n) is 18.5. The molecule has 0 N–H and O–H groups in total. The number of rotatable bonds is 6. The first-order chi connectivity index (χ1) is 14.5. The van der Waals surface area contributed by atoms with Crippen molar-refractivity contribution in [2.75, 3.05) is 26.2 Å². The zero-order chi connectivity index (χ0) is 21.1. The molecule has 0 saturated carbocycles. The SMILES string of the molecule is Cc1ccc(-c2nnc(C(C)N3CCN(Cc4ccc(C(C)C)cc4)CC3)o2)cc1. The van der Waals surface area contributed by atoms with E-state index in [1.54, 1.807) is 0 Å². The molecule has 1 aliphatic rings. The van der Waals surface area contributed by atoms with E-state index in [4.69, 9.17) is 4.42 Å². The first kappa shape index (κ1) is 20.8. The molecule has 1 saturated heterocycles. The minimum Gasteiger partial charge on any atom is -0.419 e. The maximum Gasteiger partial charge on any atom is 0.247 e. The average Bonchev–Trinajstić information content (AvgIpc) is 3.25. The molecule has 0 spiro atoms. The number of nitrogens with zero attached hydrogens (tertiary/aromatic N) is 4. The van der Waals surface area contributed by atoms with E-state index in [0.717, 1.165) is 38.3 Å². The lowest BCUT2D eigenvalue weighted by Crippen LogP contribution is -2.46. The standard InChI is InChI=1S/C25H32N4O/c1-18(2)22-11-7-21(8-12-22)17-28-13-15-29(16-14-28)20(4)24-26-27-25(30-24)23-9-5-19(3)6-10-23/h5-12,18,20H,13-17H2,1-4H3. The molecule has 5 heteroatoms. The predicted molar refractivity (Wildman–Crippen MR) is 120 cm³/mol. The molecular weight excluding hydrogens is 372 g/mol. The first-order valence-electron chi connectivity index (χ1n) is 11.0. The smallest absolute Gasteiger partial charge is 0.247 e. The zero-order valence-corrected chi connectivity index (χ0v) is 18.5. The molecule has 0 radical (unpaired) electrons. The van der Waals surface area contributed by atoms with E-state index in [2.05, 4.69) is 84.1 Å². The van der Waals surface area contributed by atoms with Crippen LogP contribution in [0.2, 0.25) is 0 Å². The van der Waals surface area contributed by atoms with Gasteiger partial charge in [-0.3, -0.25) is 9.80 Å². The third-order valence-electron chi connectivity index (χ3n) is 6.10.